The molecule has 3 aromatic carbocycles. The zero-order valence-electron chi connectivity index (χ0n) is 30.4. The molecule has 3 aromatic rings. The Kier molecular flexibility index (Phi) is 12.4. The number of aliphatic hydroxyl groups excluding tert-OH is 1. The van der Waals surface area contributed by atoms with Crippen molar-refractivity contribution < 1.29 is 51.6 Å². The summed E-state index contributed by atoms with van der Waals surface area (Å²) in [6, 6.07) is 17.2. The molecule has 0 bridgehead atoms. The Hall–Kier alpha value is -4.28. The van der Waals surface area contributed by atoms with E-state index in [2.05, 4.69) is 5.32 Å². The van der Waals surface area contributed by atoms with E-state index in [0.29, 0.717) is 50.1 Å². The van der Waals surface area contributed by atoms with Gasteiger partial charge in [0.05, 0.1) is 36.3 Å². The molecule has 3 aliphatic rings. The van der Waals surface area contributed by atoms with Crippen LogP contribution in [0.5, 0.6) is 11.5 Å². The number of hydrogen-bond donors (Lipinski definition) is 3. The molecule has 2 fully saturated rings. The van der Waals surface area contributed by atoms with Crippen LogP contribution in [-0.2, 0) is 25.9 Å². The van der Waals surface area contributed by atoms with Crippen LogP contribution in [0.3, 0.4) is 0 Å². The second kappa shape index (κ2) is 17.0. The predicted octanol–water partition coefficient (Wildman–Crippen LogP) is 4.89. The minimum atomic E-state index is -4.27. The van der Waals surface area contributed by atoms with Gasteiger partial charge in [-0.15, -0.1) is 0 Å². The van der Waals surface area contributed by atoms with E-state index in [1.807, 2.05) is 44.2 Å². The molecule has 5 atom stereocenters. The predicted molar refractivity (Wildman–Crippen MR) is 195 cm³/mol. The number of nitrogens with zero attached hydrogens (tertiary/aromatic N) is 2. The summed E-state index contributed by atoms with van der Waals surface area (Å²) in [5, 5.41) is 25.6. The highest BCUT2D eigenvalue weighted by atomic mass is 32.2. The fourth-order valence-electron chi connectivity index (χ4n) is 7.49. The minimum absolute atomic E-state index is 0.00101. The van der Waals surface area contributed by atoms with Crippen LogP contribution >= 0.6 is 0 Å². The number of fused-ring (bicyclic) bond motifs is 2. The Bertz CT molecular complexity index is 1860. The number of benzene rings is 3. The molecule has 2 saturated heterocycles. The molecular weight excluding hydrogens is 722 g/mol. The molecule has 54 heavy (non-hydrogen) atoms. The molecule has 2 amide bonds. The number of aliphatic hydroxyl groups is 1. The van der Waals surface area contributed by atoms with E-state index in [4.69, 9.17) is 18.9 Å². The summed E-state index contributed by atoms with van der Waals surface area (Å²) in [7, 11) is -4.27. The van der Waals surface area contributed by atoms with Crippen LogP contribution in [0.25, 0.3) is 0 Å². The Morgan fingerprint density at radius 2 is 1.74 bits per heavy atom. The molecule has 0 radical (unpaired) electrons. The summed E-state index contributed by atoms with van der Waals surface area (Å²) in [6.07, 6.45) is -0.665. The van der Waals surface area contributed by atoms with Crippen LogP contribution in [0.4, 0.5) is 9.18 Å². The second-order valence-electron chi connectivity index (χ2n) is 14.8. The number of unbranched alkanes of at least 4 members (excludes halogenated alkanes) is 1. The molecule has 0 spiro atoms. The molecule has 0 unspecified atom stereocenters. The minimum Gasteiger partial charge on any atom is -0.465 e. The molecule has 0 aromatic heterocycles. The topological polar surface area (TPSA) is 164 Å². The highest BCUT2D eigenvalue weighted by molar-refractivity contribution is 7.89. The first-order chi connectivity index (χ1) is 25.8. The molecule has 13 nitrogen and oxygen atoms in total. The van der Waals surface area contributed by atoms with Gasteiger partial charge in [-0.3, -0.25) is 9.69 Å². The highest BCUT2D eigenvalue weighted by Gasteiger charge is 2.49. The zero-order chi connectivity index (χ0) is 38.5. The van der Waals surface area contributed by atoms with Gasteiger partial charge in [-0.05, 0) is 73.1 Å². The van der Waals surface area contributed by atoms with E-state index < -0.39 is 58.4 Å². The van der Waals surface area contributed by atoms with Crippen molar-refractivity contribution in [2.45, 2.75) is 75.3 Å². The Morgan fingerprint density at radius 3 is 2.48 bits per heavy atom. The van der Waals surface area contributed by atoms with Crippen molar-refractivity contribution in [1.82, 2.24) is 14.5 Å². The standard InChI is InChI=1S/C39H48FN3O10S/c1-39(2,17-6-7-18-41-36(45)27-10-12-28(40)13-11-27)24-42(54(48,49)29-14-15-34-35(21-29)53-25-52-34)22-33(44)31(20-26-8-4-3-5-9-26)43(38(46)47)32-23-51-37-30(32)16-19-50-37/h3-5,8-15,21,30-33,37,44H,6-7,16-20,22-25H2,1-2H3,(H,41,45)(H,46,47)/t30-,31-,32-,33+,37+/m0/s1. The lowest BCUT2D eigenvalue weighted by atomic mass is 9.87. The zero-order valence-corrected chi connectivity index (χ0v) is 31.3. The molecule has 292 valence electrons. The number of nitrogens with one attached hydrogen (secondary N) is 1. The van der Waals surface area contributed by atoms with Crippen LogP contribution in [0.1, 0.15) is 55.5 Å². The van der Waals surface area contributed by atoms with E-state index >= 15 is 0 Å². The van der Waals surface area contributed by atoms with E-state index in [9.17, 15) is 32.6 Å². The average molecular weight is 770 g/mol. The number of amides is 2. The van der Waals surface area contributed by atoms with Crippen molar-refractivity contribution in [3.05, 3.63) is 89.7 Å². The monoisotopic (exact) mass is 769 g/mol. The van der Waals surface area contributed by atoms with Gasteiger partial charge in [-0.25, -0.2) is 17.6 Å². The number of carbonyl (C=O) groups is 2. The van der Waals surface area contributed by atoms with Gasteiger partial charge in [0.25, 0.3) is 5.91 Å². The van der Waals surface area contributed by atoms with Crippen molar-refractivity contribution in [2.24, 2.45) is 11.3 Å². The molecule has 0 aliphatic carbocycles. The van der Waals surface area contributed by atoms with Gasteiger partial charge < -0.3 is 34.5 Å². The average Bonchev–Trinajstić information content (AvgIpc) is 3.90. The lowest BCUT2D eigenvalue weighted by Crippen LogP contribution is -2.58. The number of hydrogen-bond acceptors (Lipinski definition) is 9. The molecule has 3 heterocycles. The third kappa shape index (κ3) is 9.32. The van der Waals surface area contributed by atoms with Crippen molar-refractivity contribution >= 4 is 22.0 Å². The first-order valence-corrected chi connectivity index (χ1v) is 19.7. The molecule has 3 aliphatic heterocycles. The van der Waals surface area contributed by atoms with E-state index in [-0.39, 0.29) is 48.8 Å². The smallest absolute Gasteiger partial charge is 0.407 e. The van der Waals surface area contributed by atoms with Crippen LogP contribution < -0.4 is 14.8 Å². The summed E-state index contributed by atoms with van der Waals surface area (Å²) >= 11 is 0. The summed E-state index contributed by atoms with van der Waals surface area (Å²) < 4.78 is 65.9. The van der Waals surface area contributed by atoms with Gasteiger partial charge in [0, 0.05) is 37.2 Å². The van der Waals surface area contributed by atoms with E-state index in [1.165, 1.54) is 51.7 Å². The second-order valence-corrected chi connectivity index (χ2v) is 16.7. The highest BCUT2D eigenvalue weighted by Crippen LogP contribution is 2.38. The quantitative estimate of drug-likeness (QED) is 0.161. The molecule has 15 heteroatoms. The van der Waals surface area contributed by atoms with Gasteiger partial charge >= 0.3 is 6.09 Å². The van der Waals surface area contributed by atoms with Crippen LogP contribution in [0, 0.1) is 17.2 Å². The summed E-state index contributed by atoms with van der Waals surface area (Å²) in [5.41, 5.74) is 0.519. The van der Waals surface area contributed by atoms with Gasteiger partial charge in [0.2, 0.25) is 16.8 Å². The first kappa shape index (κ1) is 39.4. The normalized spacial score (nSPS) is 20.4. The fourth-order valence-corrected chi connectivity index (χ4v) is 9.15. The number of rotatable bonds is 17. The van der Waals surface area contributed by atoms with Crippen LogP contribution in [0.2, 0.25) is 0 Å². The number of ether oxygens (including phenoxy) is 4. The van der Waals surface area contributed by atoms with Crippen molar-refractivity contribution in [2.75, 3.05) is 39.6 Å². The van der Waals surface area contributed by atoms with Crippen LogP contribution in [0.15, 0.2) is 77.7 Å². The number of halogens is 1. The Balaban J connectivity index is 1.22. The van der Waals surface area contributed by atoms with Crippen molar-refractivity contribution in [1.29, 1.82) is 0 Å². The maximum Gasteiger partial charge on any atom is 0.407 e. The van der Waals surface area contributed by atoms with Crippen molar-refractivity contribution in [3.63, 3.8) is 0 Å². The summed E-state index contributed by atoms with van der Waals surface area (Å²) in [4.78, 5) is 26.7. The van der Waals surface area contributed by atoms with Crippen LogP contribution in [-0.4, -0.2) is 104 Å². The molecule has 0 saturated carbocycles. The third-order valence-electron chi connectivity index (χ3n) is 10.3. The molecule has 6 rings (SSSR count). The maximum atomic E-state index is 14.5. The van der Waals surface area contributed by atoms with Gasteiger partial charge in [-0.2, -0.15) is 4.31 Å². The summed E-state index contributed by atoms with van der Waals surface area (Å²) in [5.74, 6) is -0.265. The molecular formula is C39H48FN3O10S. The lowest BCUT2D eigenvalue weighted by molar-refractivity contribution is -0.0906. The van der Waals surface area contributed by atoms with Gasteiger partial charge in [-0.1, -0.05) is 50.6 Å². The first-order valence-electron chi connectivity index (χ1n) is 18.2. The van der Waals surface area contributed by atoms with Crippen molar-refractivity contribution in [3.8, 4) is 11.5 Å². The van der Waals surface area contributed by atoms with Gasteiger partial charge in [0.15, 0.2) is 17.8 Å². The maximum absolute atomic E-state index is 14.5. The Labute approximate surface area is 315 Å². The number of carboxylic acid groups (broad SMARTS) is 1. The lowest BCUT2D eigenvalue weighted by Gasteiger charge is -2.40. The van der Waals surface area contributed by atoms with Gasteiger partial charge in [0.1, 0.15) is 5.82 Å². The Morgan fingerprint density at radius 1 is 1.00 bits per heavy atom. The summed E-state index contributed by atoms with van der Waals surface area (Å²) in [6.45, 7) is 4.32. The van der Waals surface area contributed by atoms with E-state index in [1.54, 1.807) is 0 Å². The number of sulfonamides is 1. The SMILES string of the molecule is CC(C)(CCCCNC(=O)c1ccc(F)cc1)CN(C[C@@H](O)[C@H](Cc1ccccc1)N(C(=O)O)[C@H]1CO[C@H]2OCC[C@H]21)S(=O)(=O)c1ccc2c(c1)OCO2. The van der Waals surface area contributed by atoms with E-state index in [0.717, 1.165) is 5.56 Å². The fraction of sp³-hybridized carbons (Fsp3) is 0.487. The number of carbonyl (C=O) groups excluding carboxylic acids is 1. The third-order valence-corrected chi connectivity index (χ3v) is 12.1. The largest absolute Gasteiger partial charge is 0.465 e. The molecule has 3 N–H and O–H groups in total.